The van der Waals surface area contributed by atoms with Crippen LogP contribution in [-0.2, 0) is 18.7 Å². The highest BCUT2D eigenvalue weighted by atomic mass is 32.2. The number of nitrogens with zero attached hydrogens (tertiary/aromatic N) is 4. The number of fused-ring (bicyclic) bond motifs is 1. The Hall–Kier alpha value is -2.06. The third-order valence-corrected chi connectivity index (χ3v) is 6.47. The average molecular weight is 403 g/mol. The summed E-state index contributed by atoms with van der Waals surface area (Å²) in [6.45, 7) is 8.03. The second-order valence-electron chi connectivity index (χ2n) is 7.44. The number of hydrogen-bond acceptors (Lipinski definition) is 6. The van der Waals surface area contributed by atoms with E-state index in [4.69, 9.17) is 4.42 Å². The summed E-state index contributed by atoms with van der Waals surface area (Å²) in [5.41, 5.74) is 2.81. The van der Waals surface area contributed by atoms with Gasteiger partial charge in [0.2, 0.25) is 0 Å². The van der Waals surface area contributed by atoms with Gasteiger partial charge in [0, 0.05) is 51.0 Å². The molecule has 1 fully saturated rings. The normalized spacial score (nSPS) is 17.6. The SMILES string of the molecule is Cc1cc(C(=O)N2CCN(CCn3nc4c(cc3=O)CSCC4)CC2)c(C)o1. The van der Waals surface area contributed by atoms with Gasteiger partial charge in [0.25, 0.3) is 11.5 Å². The van der Waals surface area contributed by atoms with Crippen LogP contribution in [0.3, 0.4) is 0 Å². The fourth-order valence-electron chi connectivity index (χ4n) is 3.84. The van der Waals surface area contributed by atoms with Gasteiger partial charge in [-0.1, -0.05) is 0 Å². The van der Waals surface area contributed by atoms with Crippen LogP contribution in [0.25, 0.3) is 0 Å². The van der Waals surface area contributed by atoms with Crippen LogP contribution < -0.4 is 5.56 Å². The summed E-state index contributed by atoms with van der Waals surface area (Å²) in [5, 5.41) is 4.58. The quantitative estimate of drug-likeness (QED) is 0.775. The fourth-order valence-corrected chi connectivity index (χ4v) is 4.79. The van der Waals surface area contributed by atoms with Crippen molar-refractivity contribution in [1.29, 1.82) is 0 Å². The molecule has 0 aromatic carbocycles. The van der Waals surface area contributed by atoms with E-state index in [9.17, 15) is 9.59 Å². The van der Waals surface area contributed by atoms with E-state index in [1.54, 1.807) is 10.7 Å². The summed E-state index contributed by atoms with van der Waals surface area (Å²) in [6.07, 6.45) is 0.938. The molecule has 4 heterocycles. The molecule has 2 aliphatic rings. The van der Waals surface area contributed by atoms with E-state index in [2.05, 4.69) is 10.00 Å². The lowest BCUT2D eigenvalue weighted by molar-refractivity contribution is 0.0629. The van der Waals surface area contributed by atoms with Crippen LogP contribution >= 0.6 is 11.8 Å². The zero-order valence-electron chi connectivity index (χ0n) is 16.4. The maximum Gasteiger partial charge on any atom is 0.267 e. The van der Waals surface area contributed by atoms with Crippen LogP contribution in [0.15, 0.2) is 21.3 Å². The molecule has 0 atom stereocenters. The van der Waals surface area contributed by atoms with Crippen molar-refractivity contribution in [2.45, 2.75) is 32.6 Å². The number of furan rings is 1. The molecular weight excluding hydrogens is 376 g/mol. The lowest BCUT2D eigenvalue weighted by atomic mass is 10.2. The number of aryl methyl sites for hydroxylation is 3. The average Bonchev–Trinajstić information content (AvgIpc) is 3.04. The van der Waals surface area contributed by atoms with Crippen molar-refractivity contribution in [3.63, 3.8) is 0 Å². The summed E-state index contributed by atoms with van der Waals surface area (Å²) >= 11 is 1.86. The Morgan fingerprint density at radius 3 is 2.68 bits per heavy atom. The zero-order valence-corrected chi connectivity index (χ0v) is 17.3. The van der Waals surface area contributed by atoms with Crippen LogP contribution in [0.2, 0.25) is 0 Å². The summed E-state index contributed by atoms with van der Waals surface area (Å²) < 4.78 is 7.09. The second kappa shape index (κ2) is 8.13. The molecule has 4 rings (SSSR count). The van der Waals surface area contributed by atoms with Crippen LogP contribution in [0.5, 0.6) is 0 Å². The van der Waals surface area contributed by atoms with E-state index >= 15 is 0 Å². The molecule has 0 N–H and O–H groups in total. The largest absolute Gasteiger partial charge is 0.466 e. The van der Waals surface area contributed by atoms with Crippen molar-refractivity contribution in [1.82, 2.24) is 19.6 Å². The molecule has 0 spiro atoms. The van der Waals surface area contributed by atoms with E-state index in [0.717, 1.165) is 54.6 Å². The fraction of sp³-hybridized carbons (Fsp3) is 0.550. The number of amides is 1. The van der Waals surface area contributed by atoms with E-state index in [-0.39, 0.29) is 11.5 Å². The Bertz CT molecular complexity index is 928. The summed E-state index contributed by atoms with van der Waals surface area (Å²) in [5.74, 6) is 3.45. The number of hydrogen-bond donors (Lipinski definition) is 0. The molecule has 2 aromatic rings. The molecule has 8 heteroatoms. The highest BCUT2D eigenvalue weighted by Gasteiger charge is 2.25. The highest BCUT2D eigenvalue weighted by molar-refractivity contribution is 7.98. The minimum Gasteiger partial charge on any atom is -0.466 e. The standard InChI is InChI=1S/C20H26N4O3S/c1-14-11-17(15(2)27-14)20(26)23-7-4-22(5-8-23)6-9-24-19(25)12-16-13-28-10-3-18(16)21-24/h11-12H,3-10,13H2,1-2H3. The predicted molar refractivity (Wildman–Crippen MR) is 109 cm³/mol. The first kappa shape index (κ1) is 19.3. The van der Waals surface area contributed by atoms with Gasteiger partial charge in [-0.05, 0) is 31.2 Å². The Kier molecular flexibility index (Phi) is 5.59. The number of carbonyl (C=O) groups is 1. The Balaban J connectivity index is 1.32. The van der Waals surface area contributed by atoms with Crippen molar-refractivity contribution in [3.8, 4) is 0 Å². The predicted octanol–water partition coefficient (Wildman–Crippen LogP) is 1.70. The molecule has 28 heavy (non-hydrogen) atoms. The van der Waals surface area contributed by atoms with E-state index in [0.29, 0.717) is 31.0 Å². The number of aromatic nitrogens is 2. The second-order valence-corrected chi connectivity index (χ2v) is 8.55. The number of carbonyl (C=O) groups excluding carboxylic acids is 1. The van der Waals surface area contributed by atoms with Gasteiger partial charge >= 0.3 is 0 Å². The monoisotopic (exact) mass is 402 g/mol. The molecule has 1 amide bonds. The van der Waals surface area contributed by atoms with Crippen molar-refractivity contribution in [3.05, 3.63) is 50.8 Å². The first-order valence-corrected chi connectivity index (χ1v) is 10.9. The number of piperazine rings is 1. The first-order valence-electron chi connectivity index (χ1n) is 9.77. The van der Waals surface area contributed by atoms with E-state index in [1.807, 2.05) is 36.6 Å². The number of thioether (sulfide) groups is 1. The highest BCUT2D eigenvalue weighted by Crippen LogP contribution is 2.21. The van der Waals surface area contributed by atoms with Gasteiger partial charge in [0.1, 0.15) is 11.5 Å². The molecule has 1 saturated heterocycles. The maximum absolute atomic E-state index is 12.7. The van der Waals surface area contributed by atoms with Gasteiger partial charge in [-0.25, -0.2) is 4.68 Å². The summed E-state index contributed by atoms with van der Waals surface area (Å²) in [7, 11) is 0. The van der Waals surface area contributed by atoms with Gasteiger partial charge in [-0.15, -0.1) is 0 Å². The molecule has 150 valence electrons. The van der Waals surface area contributed by atoms with Crippen LogP contribution in [-0.4, -0.2) is 64.0 Å². The summed E-state index contributed by atoms with van der Waals surface area (Å²) in [4.78, 5) is 29.2. The summed E-state index contributed by atoms with van der Waals surface area (Å²) in [6, 6.07) is 3.57. The van der Waals surface area contributed by atoms with Crippen LogP contribution in [0.4, 0.5) is 0 Å². The lowest BCUT2D eigenvalue weighted by Crippen LogP contribution is -2.49. The van der Waals surface area contributed by atoms with Crippen molar-refractivity contribution >= 4 is 17.7 Å². The van der Waals surface area contributed by atoms with Crippen molar-refractivity contribution in [2.24, 2.45) is 0 Å². The topological polar surface area (TPSA) is 71.6 Å². The minimum atomic E-state index is -0.0131. The molecule has 0 unspecified atom stereocenters. The van der Waals surface area contributed by atoms with Crippen molar-refractivity contribution < 1.29 is 9.21 Å². The van der Waals surface area contributed by atoms with E-state index in [1.165, 1.54) is 0 Å². The first-order chi connectivity index (χ1) is 13.5. The maximum atomic E-state index is 12.7. The third-order valence-electron chi connectivity index (χ3n) is 5.46. The number of rotatable bonds is 4. The van der Waals surface area contributed by atoms with Gasteiger partial charge in [0.05, 0.1) is 17.8 Å². The molecule has 2 aromatic heterocycles. The van der Waals surface area contributed by atoms with Gasteiger partial charge < -0.3 is 9.32 Å². The lowest BCUT2D eigenvalue weighted by Gasteiger charge is -2.34. The van der Waals surface area contributed by atoms with Gasteiger partial charge in [-0.2, -0.15) is 16.9 Å². The molecule has 2 aliphatic heterocycles. The molecule has 0 saturated carbocycles. The zero-order chi connectivity index (χ0) is 19.7. The molecule has 0 radical (unpaired) electrons. The molecule has 0 aliphatic carbocycles. The van der Waals surface area contributed by atoms with Gasteiger partial charge in [0.15, 0.2) is 0 Å². The van der Waals surface area contributed by atoms with Crippen molar-refractivity contribution in [2.75, 3.05) is 38.5 Å². The Morgan fingerprint density at radius 1 is 1.18 bits per heavy atom. The Labute approximate surface area is 168 Å². The minimum absolute atomic E-state index is 0.0131. The van der Waals surface area contributed by atoms with Crippen LogP contribution in [0.1, 0.15) is 33.1 Å². The van der Waals surface area contributed by atoms with Gasteiger partial charge in [-0.3, -0.25) is 14.5 Å². The van der Waals surface area contributed by atoms with Crippen LogP contribution in [0, 0.1) is 13.8 Å². The Morgan fingerprint density at radius 2 is 1.96 bits per heavy atom. The smallest absolute Gasteiger partial charge is 0.267 e. The molecule has 0 bridgehead atoms. The molecule has 7 nitrogen and oxygen atoms in total. The molecular formula is C20H26N4O3S. The van der Waals surface area contributed by atoms with E-state index < -0.39 is 0 Å². The third kappa shape index (κ3) is 4.03.